The lowest BCUT2D eigenvalue weighted by molar-refractivity contribution is 0.726. The van der Waals surface area contributed by atoms with E-state index in [4.69, 9.17) is 11.6 Å². The Morgan fingerprint density at radius 1 is 1.14 bits per heavy atom. The van der Waals surface area contributed by atoms with E-state index in [1.165, 1.54) is 25.7 Å². The zero-order valence-corrected chi connectivity index (χ0v) is 13.5. The molecule has 0 atom stereocenters. The number of benzene rings is 1. The Labute approximate surface area is 135 Å². The summed E-state index contributed by atoms with van der Waals surface area (Å²) in [5.41, 5.74) is 1.94. The van der Waals surface area contributed by atoms with Crippen molar-refractivity contribution in [2.24, 2.45) is 0 Å². The van der Waals surface area contributed by atoms with E-state index in [2.05, 4.69) is 25.4 Å². The van der Waals surface area contributed by atoms with Crippen LogP contribution < -0.4 is 10.2 Å². The average Bonchev–Trinajstić information content (AvgIpc) is 2.81. The van der Waals surface area contributed by atoms with Crippen molar-refractivity contribution in [3.05, 3.63) is 35.0 Å². The van der Waals surface area contributed by atoms with Crippen molar-refractivity contribution >= 4 is 29.1 Å². The highest BCUT2D eigenvalue weighted by molar-refractivity contribution is 6.31. The summed E-state index contributed by atoms with van der Waals surface area (Å²) in [5.74, 6) is 1.39. The van der Waals surface area contributed by atoms with E-state index in [1.54, 1.807) is 6.20 Å². The van der Waals surface area contributed by atoms with Crippen molar-refractivity contribution in [2.45, 2.75) is 32.6 Å². The number of nitrogens with zero attached hydrogens (tertiary/aromatic N) is 4. The van der Waals surface area contributed by atoms with E-state index in [0.29, 0.717) is 11.8 Å². The Morgan fingerprint density at radius 2 is 1.91 bits per heavy atom. The van der Waals surface area contributed by atoms with Gasteiger partial charge in [0.15, 0.2) is 5.82 Å². The SMILES string of the molecule is Cc1c(Cl)cccc1Nc1cnnc(N2CCCCCC2)n1. The second-order valence-corrected chi connectivity index (χ2v) is 5.99. The molecular weight excluding hydrogens is 298 g/mol. The fraction of sp³-hybridized carbons (Fsp3) is 0.438. The van der Waals surface area contributed by atoms with Gasteiger partial charge >= 0.3 is 0 Å². The lowest BCUT2D eigenvalue weighted by Crippen LogP contribution is -2.26. The molecule has 1 N–H and O–H groups in total. The molecule has 3 rings (SSSR count). The number of nitrogens with one attached hydrogen (secondary N) is 1. The topological polar surface area (TPSA) is 53.9 Å². The summed E-state index contributed by atoms with van der Waals surface area (Å²) in [6, 6.07) is 5.78. The van der Waals surface area contributed by atoms with Gasteiger partial charge in [0.25, 0.3) is 0 Å². The Hall–Kier alpha value is -1.88. The third-order valence-corrected chi connectivity index (χ3v) is 4.38. The first-order chi connectivity index (χ1) is 10.7. The maximum Gasteiger partial charge on any atom is 0.247 e. The lowest BCUT2D eigenvalue weighted by atomic mass is 10.2. The first kappa shape index (κ1) is 15.0. The van der Waals surface area contributed by atoms with Crippen molar-refractivity contribution in [1.29, 1.82) is 0 Å². The molecule has 6 heteroatoms. The Kier molecular flexibility index (Phi) is 4.73. The van der Waals surface area contributed by atoms with Crippen LogP contribution in [-0.2, 0) is 0 Å². The summed E-state index contributed by atoms with van der Waals surface area (Å²) in [4.78, 5) is 6.82. The molecular formula is C16H20ClN5. The Bertz CT molecular complexity index is 638. The maximum absolute atomic E-state index is 6.15. The summed E-state index contributed by atoms with van der Waals surface area (Å²) in [6.45, 7) is 3.98. The molecule has 0 amide bonds. The summed E-state index contributed by atoms with van der Waals surface area (Å²) in [6.07, 6.45) is 6.58. The standard InChI is InChI=1S/C16H20ClN5/c1-12-13(17)7-6-8-14(12)19-15-11-18-21-16(20-15)22-9-4-2-3-5-10-22/h6-8,11H,2-5,9-10H2,1H3,(H,19,20,21). The van der Waals surface area contributed by atoms with E-state index >= 15 is 0 Å². The zero-order valence-electron chi connectivity index (χ0n) is 12.7. The van der Waals surface area contributed by atoms with E-state index < -0.39 is 0 Å². The summed E-state index contributed by atoms with van der Waals surface area (Å²) < 4.78 is 0. The van der Waals surface area contributed by atoms with Gasteiger partial charge in [-0.15, -0.1) is 5.10 Å². The number of rotatable bonds is 3. The maximum atomic E-state index is 6.15. The second kappa shape index (κ2) is 6.92. The van der Waals surface area contributed by atoms with Crippen LogP contribution in [0.4, 0.5) is 17.5 Å². The molecule has 1 aromatic heterocycles. The number of hydrogen-bond donors (Lipinski definition) is 1. The summed E-state index contributed by atoms with van der Waals surface area (Å²) in [5, 5.41) is 12.3. The van der Waals surface area contributed by atoms with Crippen molar-refractivity contribution in [1.82, 2.24) is 15.2 Å². The molecule has 2 heterocycles. The highest BCUT2D eigenvalue weighted by atomic mass is 35.5. The van der Waals surface area contributed by atoms with Crippen LogP contribution in [0.2, 0.25) is 5.02 Å². The fourth-order valence-corrected chi connectivity index (χ4v) is 2.81. The van der Waals surface area contributed by atoms with Gasteiger partial charge in [0.05, 0.1) is 6.20 Å². The fourth-order valence-electron chi connectivity index (χ4n) is 2.64. The van der Waals surface area contributed by atoms with Gasteiger partial charge in [0.2, 0.25) is 5.95 Å². The number of halogens is 1. The van der Waals surface area contributed by atoms with Gasteiger partial charge in [0, 0.05) is 23.8 Å². The number of aromatic nitrogens is 3. The van der Waals surface area contributed by atoms with Crippen LogP contribution in [0.15, 0.2) is 24.4 Å². The molecule has 5 nitrogen and oxygen atoms in total. The van der Waals surface area contributed by atoms with Crippen molar-refractivity contribution in [2.75, 3.05) is 23.3 Å². The predicted octanol–water partition coefficient (Wildman–Crippen LogP) is 3.96. The van der Waals surface area contributed by atoms with Crippen LogP contribution in [0.3, 0.4) is 0 Å². The highest BCUT2D eigenvalue weighted by Crippen LogP contribution is 2.25. The third-order valence-electron chi connectivity index (χ3n) is 3.97. The molecule has 0 spiro atoms. The van der Waals surface area contributed by atoms with Crippen LogP contribution in [0.25, 0.3) is 0 Å². The van der Waals surface area contributed by atoms with Gasteiger partial charge in [0.1, 0.15) is 0 Å². The van der Waals surface area contributed by atoms with Gasteiger partial charge in [-0.2, -0.15) is 10.1 Å². The summed E-state index contributed by atoms with van der Waals surface area (Å²) in [7, 11) is 0. The minimum Gasteiger partial charge on any atom is -0.339 e. The second-order valence-electron chi connectivity index (χ2n) is 5.58. The van der Waals surface area contributed by atoms with Crippen LogP contribution in [0.1, 0.15) is 31.2 Å². The van der Waals surface area contributed by atoms with Crippen LogP contribution in [0, 0.1) is 6.92 Å². The summed E-state index contributed by atoms with van der Waals surface area (Å²) >= 11 is 6.15. The Balaban J connectivity index is 1.80. The van der Waals surface area contributed by atoms with Gasteiger partial charge in [-0.05, 0) is 37.5 Å². The van der Waals surface area contributed by atoms with Crippen LogP contribution in [-0.4, -0.2) is 28.3 Å². The monoisotopic (exact) mass is 317 g/mol. The quantitative estimate of drug-likeness (QED) is 0.928. The molecule has 2 aromatic rings. The lowest BCUT2D eigenvalue weighted by Gasteiger charge is -2.20. The largest absolute Gasteiger partial charge is 0.339 e. The number of hydrogen-bond acceptors (Lipinski definition) is 5. The molecule has 0 aliphatic carbocycles. The molecule has 1 aromatic carbocycles. The number of anilines is 3. The first-order valence-electron chi connectivity index (χ1n) is 7.71. The third kappa shape index (κ3) is 3.47. The minimum absolute atomic E-state index is 0.694. The van der Waals surface area contributed by atoms with E-state index in [9.17, 15) is 0 Å². The van der Waals surface area contributed by atoms with Gasteiger partial charge in [-0.25, -0.2) is 0 Å². The van der Waals surface area contributed by atoms with Crippen molar-refractivity contribution in [3.63, 3.8) is 0 Å². The molecule has 22 heavy (non-hydrogen) atoms. The van der Waals surface area contributed by atoms with E-state index in [1.807, 2.05) is 25.1 Å². The molecule has 1 aliphatic rings. The van der Waals surface area contributed by atoms with Gasteiger partial charge in [-0.1, -0.05) is 30.5 Å². The molecule has 0 radical (unpaired) electrons. The molecule has 0 unspecified atom stereocenters. The molecule has 1 fully saturated rings. The smallest absolute Gasteiger partial charge is 0.247 e. The predicted molar refractivity (Wildman–Crippen MR) is 90.0 cm³/mol. The minimum atomic E-state index is 0.694. The molecule has 1 saturated heterocycles. The highest BCUT2D eigenvalue weighted by Gasteiger charge is 2.13. The van der Waals surface area contributed by atoms with Crippen LogP contribution in [0.5, 0.6) is 0 Å². The normalized spacial score (nSPS) is 15.5. The van der Waals surface area contributed by atoms with Gasteiger partial charge < -0.3 is 10.2 Å². The first-order valence-corrected chi connectivity index (χ1v) is 8.08. The van der Waals surface area contributed by atoms with Crippen molar-refractivity contribution in [3.8, 4) is 0 Å². The van der Waals surface area contributed by atoms with E-state index in [0.717, 1.165) is 29.4 Å². The molecule has 0 saturated carbocycles. The van der Waals surface area contributed by atoms with E-state index in [-0.39, 0.29) is 0 Å². The molecule has 1 aliphatic heterocycles. The van der Waals surface area contributed by atoms with Crippen LogP contribution >= 0.6 is 11.6 Å². The van der Waals surface area contributed by atoms with Crippen molar-refractivity contribution < 1.29 is 0 Å². The average molecular weight is 318 g/mol. The molecule has 116 valence electrons. The molecule has 0 bridgehead atoms. The zero-order chi connectivity index (χ0) is 15.4. The van der Waals surface area contributed by atoms with Gasteiger partial charge in [-0.3, -0.25) is 0 Å². The Morgan fingerprint density at radius 3 is 2.68 bits per heavy atom.